The monoisotopic (exact) mass is 278 g/mol. The fraction of sp³-hybridized carbons (Fsp3) is 0.211. The molecule has 0 fully saturated rings. The van der Waals surface area contributed by atoms with Gasteiger partial charge in [0.25, 0.3) is 0 Å². The highest BCUT2D eigenvalue weighted by Gasteiger charge is 2.10. The van der Waals surface area contributed by atoms with Crippen LogP contribution < -0.4 is 0 Å². The van der Waals surface area contributed by atoms with Crippen LogP contribution in [-0.2, 0) is 16.0 Å². The first-order chi connectivity index (χ1) is 10.3. The van der Waals surface area contributed by atoms with Crippen molar-refractivity contribution in [1.82, 2.24) is 0 Å². The number of hydrogen-bond donors (Lipinski definition) is 0. The third kappa shape index (κ3) is 2.75. The molecule has 2 nitrogen and oxygen atoms in total. The summed E-state index contributed by atoms with van der Waals surface area (Å²) in [5, 5.41) is 4.88. The Morgan fingerprint density at radius 2 is 1.52 bits per heavy atom. The molecule has 3 aromatic rings. The minimum absolute atomic E-state index is 0.130. The van der Waals surface area contributed by atoms with Crippen molar-refractivity contribution in [3.63, 3.8) is 0 Å². The highest BCUT2D eigenvalue weighted by atomic mass is 16.5. The summed E-state index contributed by atoms with van der Waals surface area (Å²) >= 11 is 0. The second-order valence-corrected chi connectivity index (χ2v) is 5.10. The quantitative estimate of drug-likeness (QED) is 0.519. The summed E-state index contributed by atoms with van der Waals surface area (Å²) in [5.74, 6) is -0.130. The Kier molecular flexibility index (Phi) is 3.87. The lowest BCUT2D eigenvalue weighted by Crippen LogP contribution is -2.05. The molecule has 0 atom stereocenters. The fourth-order valence-electron chi connectivity index (χ4n) is 2.84. The first-order valence-corrected chi connectivity index (χ1v) is 7.34. The van der Waals surface area contributed by atoms with Crippen LogP contribution in [0, 0.1) is 0 Å². The van der Waals surface area contributed by atoms with Crippen molar-refractivity contribution in [3.8, 4) is 0 Å². The minimum atomic E-state index is -0.130. The van der Waals surface area contributed by atoms with Crippen molar-refractivity contribution in [1.29, 1.82) is 0 Å². The number of carbonyl (C=O) groups is 1. The molecule has 0 aliphatic carbocycles. The molecule has 0 unspecified atom stereocenters. The zero-order valence-electron chi connectivity index (χ0n) is 12.1. The minimum Gasteiger partial charge on any atom is -0.466 e. The van der Waals surface area contributed by atoms with Crippen molar-refractivity contribution >= 4 is 27.5 Å². The van der Waals surface area contributed by atoms with Gasteiger partial charge in [-0.15, -0.1) is 0 Å². The molecule has 0 amide bonds. The predicted molar refractivity (Wildman–Crippen MR) is 86.4 cm³/mol. The molecule has 3 aromatic carbocycles. The van der Waals surface area contributed by atoms with Crippen LogP contribution in [0.2, 0.25) is 0 Å². The molecule has 0 N–H and O–H groups in total. The summed E-state index contributed by atoms with van der Waals surface area (Å²) < 4.78 is 5.05. The lowest BCUT2D eigenvalue weighted by Gasteiger charge is -2.11. The van der Waals surface area contributed by atoms with E-state index in [1.165, 1.54) is 27.1 Å². The maximum Gasteiger partial charge on any atom is 0.306 e. The lowest BCUT2D eigenvalue weighted by molar-refractivity contribution is -0.143. The van der Waals surface area contributed by atoms with Crippen molar-refractivity contribution in [2.24, 2.45) is 0 Å². The van der Waals surface area contributed by atoms with Crippen LogP contribution in [0.5, 0.6) is 0 Å². The van der Waals surface area contributed by atoms with Gasteiger partial charge in [-0.05, 0) is 46.5 Å². The number of rotatable bonds is 4. The van der Waals surface area contributed by atoms with E-state index in [0.717, 1.165) is 0 Å². The van der Waals surface area contributed by atoms with Crippen molar-refractivity contribution in [2.75, 3.05) is 6.61 Å². The highest BCUT2D eigenvalue weighted by molar-refractivity contribution is 6.02. The van der Waals surface area contributed by atoms with Crippen LogP contribution >= 0.6 is 0 Å². The normalized spacial score (nSPS) is 10.9. The van der Waals surface area contributed by atoms with Crippen LogP contribution in [0.4, 0.5) is 0 Å². The third-order valence-corrected chi connectivity index (χ3v) is 3.77. The SMILES string of the molecule is CCOC(=O)CCc1c2ccccc2cc2ccccc12. The number of hydrogen-bond acceptors (Lipinski definition) is 2. The topological polar surface area (TPSA) is 26.3 Å². The summed E-state index contributed by atoms with van der Waals surface area (Å²) in [6.07, 6.45) is 1.13. The number of fused-ring (bicyclic) bond motifs is 2. The molecule has 0 saturated carbocycles. The molecule has 2 heteroatoms. The molecule has 0 heterocycles. The van der Waals surface area contributed by atoms with Crippen molar-refractivity contribution in [3.05, 3.63) is 60.2 Å². The van der Waals surface area contributed by atoms with E-state index < -0.39 is 0 Å². The van der Waals surface area contributed by atoms with E-state index in [2.05, 4.69) is 30.3 Å². The molecule has 0 aromatic heterocycles. The Morgan fingerprint density at radius 3 is 2.10 bits per heavy atom. The van der Waals surface area contributed by atoms with Gasteiger partial charge in [-0.2, -0.15) is 0 Å². The Labute approximate surface area is 124 Å². The first kappa shape index (κ1) is 13.6. The van der Waals surface area contributed by atoms with Crippen molar-refractivity contribution < 1.29 is 9.53 Å². The summed E-state index contributed by atoms with van der Waals surface area (Å²) in [4.78, 5) is 11.7. The second kappa shape index (κ2) is 5.96. The van der Waals surface area contributed by atoms with Gasteiger partial charge in [0, 0.05) is 6.42 Å². The molecule has 0 aliphatic heterocycles. The fourth-order valence-corrected chi connectivity index (χ4v) is 2.84. The maximum absolute atomic E-state index is 11.7. The summed E-state index contributed by atoms with van der Waals surface area (Å²) in [6.45, 7) is 2.28. The molecular formula is C19H18O2. The van der Waals surface area contributed by atoms with Gasteiger partial charge < -0.3 is 4.74 Å². The molecule has 0 aliphatic rings. The van der Waals surface area contributed by atoms with Crippen LogP contribution in [0.25, 0.3) is 21.5 Å². The molecule has 0 radical (unpaired) electrons. The second-order valence-electron chi connectivity index (χ2n) is 5.10. The van der Waals surface area contributed by atoms with E-state index in [0.29, 0.717) is 19.4 Å². The van der Waals surface area contributed by atoms with Gasteiger partial charge in [0.15, 0.2) is 0 Å². The zero-order valence-corrected chi connectivity index (χ0v) is 12.1. The van der Waals surface area contributed by atoms with Gasteiger partial charge in [0.1, 0.15) is 0 Å². The third-order valence-electron chi connectivity index (χ3n) is 3.77. The summed E-state index contributed by atoms with van der Waals surface area (Å²) in [7, 11) is 0. The van der Waals surface area contributed by atoms with Crippen LogP contribution in [-0.4, -0.2) is 12.6 Å². The zero-order chi connectivity index (χ0) is 14.7. The van der Waals surface area contributed by atoms with Gasteiger partial charge in [0.05, 0.1) is 6.61 Å². The molecule has 106 valence electrons. The Hall–Kier alpha value is -2.35. The number of ether oxygens (including phenoxy) is 1. The van der Waals surface area contributed by atoms with E-state index in [1.807, 2.05) is 31.2 Å². The number of esters is 1. The number of carbonyl (C=O) groups excluding carboxylic acids is 1. The Balaban J connectivity index is 2.09. The number of aryl methyl sites for hydroxylation is 1. The van der Waals surface area contributed by atoms with E-state index in [9.17, 15) is 4.79 Å². The van der Waals surface area contributed by atoms with Crippen LogP contribution in [0.3, 0.4) is 0 Å². The van der Waals surface area contributed by atoms with Gasteiger partial charge in [0.2, 0.25) is 0 Å². The van der Waals surface area contributed by atoms with Gasteiger partial charge in [-0.3, -0.25) is 4.79 Å². The van der Waals surface area contributed by atoms with Gasteiger partial charge in [-0.25, -0.2) is 0 Å². The molecule has 0 spiro atoms. The van der Waals surface area contributed by atoms with Crippen LogP contribution in [0.1, 0.15) is 18.9 Å². The summed E-state index contributed by atoms with van der Waals surface area (Å²) in [6, 6.07) is 18.9. The molecule has 3 rings (SSSR count). The standard InChI is InChI=1S/C19H18O2/c1-2-21-19(20)12-11-18-16-9-5-3-7-14(16)13-15-8-4-6-10-17(15)18/h3-10,13H,2,11-12H2,1H3. The van der Waals surface area contributed by atoms with Crippen LogP contribution in [0.15, 0.2) is 54.6 Å². The largest absolute Gasteiger partial charge is 0.466 e. The van der Waals surface area contributed by atoms with E-state index in [1.54, 1.807) is 0 Å². The first-order valence-electron chi connectivity index (χ1n) is 7.34. The van der Waals surface area contributed by atoms with E-state index in [-0.39, 0.29) is 5.97 Å². The van der Waals surface area contributed by atoms with Gasteiger partial charge >= 0.3 is 5.97 Å². The molecule has 21 heavy (non-hydrogen) atoms. The summed E-state index contributed by atoms with van der Waals surface area (Å²) in [5.41, 5.74) is 1.23. The smallest absolute Gasteiger partial charge is 0.306 e. The van der Waals surface area contributed by atoms with Gasteiger partial charge in [-0.1, -0.05) is 48.5 Å². The maximum atomic E-state index is 11.7. The molecule has 0 saturated heterocycles. The van der Waals surface area contributed by atoms with E-state index in [4.69, 9.17) is 4.74 Å². The average molecular weight is 278 g/mol. The molecule has 0 bridgehead atoms. The highest BCUT2D eigenvalue weighted by Crippen LogP contribution is 2.29. The lowest BCUT2D eigenvalue weighted by atomic mass is 9.94. The van der Waals surface area contributed by atoms with E-state index >= 15 is 0 Å². The Morgan fingerprint density at radius 1 is 0.952 bits per heavy atom. The average Bonchev–Trinajstić information content (AvgIpc) is 2.51. The number of benzene rings is 3. The van der Waals surface area contributed by atoms with Crippen molar-refractivity contribution in [2.45, 2.75) is 19.8 Å². The molecular weight excluding hydrogens is 260 g/mol. The predicted octanol–water partition coefficient (Wildman–Crippen LogP) is 4.49. The Bertz CT molecular complexity index is 736.